The van der Waals surface area contributed by atoms with Crippen LogP contribution in [-0.4, -0.2) is 39.4 Å². The highest BCUT2D eigenvalue weighted by atomic mass is 35.5. The van der Waals surface area contributed by atoms with Gasteiger partial charge in [-0.25, -0.2) is 8.42 Å². The second-order valence-corrected chi connectivity index (χ2v) is 10.0. The molecule has 7 nitrogen and oxygen atoms in total. The van der Waals surface area contributed by atoms with Gasteiger partial charge in [0.2, 0.25) is 15.9 Å². The summed E-state index contributed by atoms with van der Waals surface area (Å²) in [5.74, 6) is 0.613. The van der Waals surface area contributed by atoms with Crippen molar-refractivity contribution in [2.45, 2.75) is 18.0 Å². The van der Waals surface area contributed by atoms with Crippen molar-refractivity contribution in [3.63, 3.8) is 0 Å². The van der Waals surface area contributed by atoms with Crippen molar-refractivity contribution >= 4 is 39.1 Å². The van der Waals surface area contributed by atoms with Crippen LogP contribution in [0.25, 0.3) is 0 Å². The molecule has 0 spiro atoms. The molecule has 34 heavy (non-hydrogen) atoms. The fourth-order valence-electron chi connectivity index (χ4n) is 3.23. The SMILES string of the molecule is COc1ccc(CNC(=O)CN(Cc2ccccc2)S(=O)(=O)c2cc(Cl)ccc2Cl)cc1OC. The average Bonchev–Trinajstić information content (AvgIpc) is 2.84. The largest absolute Gasteiger partial charge is 0.493 e. The third kappa shape index (κ3) is 6.42. The van der Waals surface area contributed by atoms with E-state index >= 15 is 0 Å². The topological polar surface area (TPSA) is 84.9 Å². The predicted octanol–water partition coefficient (Wildman–Crippen LogP) is 4.52. The molecular formula is C24H24Cl2N2O5S. The van der Waals surface area contributed by atoms with Gasteiger partial charge in [-0.15, -0.1) is 0 Å². The molecule has 0 heterocycles. The minimum Gasteiger partial charge on any atom is -0.493 e. The highest BCUT2D eigenvalue weighted by Crippen LogP contribution is 2.29. The molecule has 0 aliphatic heterocycles. The van der Waals surface area contributed by atoms with Crippen LogP contribution >= 0.6 is 23.2 Å². The Labute approximate surface area is 209 Å². The minimum absolute atomic E-state index is 0.0181. The Kier molecular flexibility index (Phi) is 8.79. The second-order valence-electron chi connectivity index (χ2n) is 7.30. The molecule has 0 saturated carbocycles. The number of carbonyl (C=O) groups excluding carboxylic acids is 1. The van der Waals surface area contributed by atoms with E-state index in [-0.39, 0.29) is 28.0 Å². The lowest BCUT2D eigenvalue weighted by Crippen LogP contribution is -2.40. The van der Waals surface area contributed by atoms with Crippen LogP contribution in [-0.2, 0) is 27.9 Å². The molecule has 180 valence electrons. The lowest BCUT2D eigenvalue weighted by Gasteiger charge is -2.23. The first-order chi connectivity index (χ1) is 16.2. The molecule has 0 saturated heterocycles. The summed E-state index contributed by atoms with van der Waals surface area (Å²) in [7, 11) is -1.07. The zero-order chi connectivity index (χ0) is 24.7. The molecular weight excluding hydrogens is 499 g/mol. The number of amides is 1. The fraction of sp³-hybridized carbons (Fsp3) is 0.208. The summed E-state index contributed by atoms with van der Waals surface area (Å²) in [4.78, 5) is 12.6. The first-order valence-electron chi connectivity index (χ1n) is 10.2. The smallest absolute Gasteiger partial charge is 0.245 e. The molecule has 0 unspecified atom stereocenters. The zero-order valence-electron chi connectivity index (χ0n) is 18.6. The van der Waals surface area contributed by atoms with Crippen molar-refractivity contribution in [2.24, 2.45) is 0 Å². The number of nitrogens with one attached hydrogen (secondary N) is 1. The van der Waals surface area contributed by atoms with Crippen LogP contribution in [0.1, 0.15) is 11.1 Å². The molecule has 3 rings (SSSR count). The molecule has 0 aromatic heterocycles. The lowest BCUT2D eigenvalue weighted by atomic mass is 10.2. The van der Waals surface area contributed by atoms with Gasteiger partial charge in [0, 0.05) is 18.1 Å². The van der Waals surface area contributed by atoms with Gasteiger partial charge in [0.25, 0.3) is 0 Å². The maximum Gasteiger partial charge on any atom is 0.245 e. The summed E-state index contributed by atoms with van der Waals surface area (Å²) < 4.78 is 38.5. The van der Waals surface area contributed by atoms with Crippen molar-refractivity contribution in [3.05, 3.63) is 87.9 Å². The van der Waals surface area contributed by atoms with Crippen molar-refractivity contribution in [2.75, 3.05) is 20.8 Å². The quantitative estimate of drug-likeness (QED) is 0.423. The first-order valence-corrected chi connectivity index (χ1v) is 12.4. The predicted molar refractivity (Wildman–Crippen MR) is 132 cm³/mol. The maximum atomic E-state index is 13.4. The Morgan fingerprint density at radius 2 is 1.62 bits per heavy atom. The highest BCUT2D eigenvalue weighted by Gasteiger charge is 2.29. The van der Waals surface area contributed by atoms with Crippen LogP contribution < -0.4 is 14.8 Å². The van der Waals surface area contributed by atoms with E-state index in [4.69, 9.17) is 32.7 Å². The summed E-state index contributed by atoms with van der Waals surface area (Å²) >= 11 is 12.2. The third-order valence-electron chi connectivity index (χ3n) is 4.97. The summed E-state index contributed by atoms with van der Waals surface area (Å²) in [6.07, 6.45) is 0. The van der Waals surface area contributed by atoms with Crippen molar-refractivity contribution < 1.29 is 22.7 Å². The summed E-state index contributed by atoms with van der Waals surface area (Å²) in [6.45, 7) is -0.251. The Morgan fingerprint density at radius 1 is 0.912 bits per heavy atom. The number of sulfonamides is 1. The fourth-order valence-corrected chi connectivity index (χ4v) is 5.36. The number of rotatable bonds is 10. The zero-order valence-corrected chi connectivity index (χ0v) is 21.0. The number of hydrogen-bond donors (Lipinski definition) is 1. The van der Waals surface area contributed by atoms with Crippen LogP contribution in [0.5, 0.6) is 11.5 Å². The van der Waals surface area contributed by atoms with Crippen LogP contribution in [0, 0.1) is 0 Å². The van der Waals surface area contributed by atoms with Gasteiger partial charge >= 0.3 is 0 Å². The van der Waals surface area contributed by atoms with E-state index in [1.807, 2.05) is 6.07 Å². The van der Waals surface area contributed by atoms with Crippen LogP contribution in [0.15, 0.2) is 71.6 Å². The molecule has 0 fully saturated rings. The van der Waals surface area contributed by atoms with E-state index in [9.17, 15) is 13.2 Å². The standard InChI is InChI=1S/C24H24Cl2N2O5S/c1-32-21-11-8-18(12-22(21)33-2)14-27-24(29)16-28(15-17-6-4-3-5-7-17)34(30,31)23-13-19(25)9-10-20(23)26/h3-13H,14-16H2,1-2H3,(H,27,29). The van der Waals surface area contributed by atoms with E-state index in [1.165, 1.54) is 32.4 Å². The molecule has 3 aromatic rings. The van der Waals surface area contributed by atoms with Crippen molar-refractivity contribution in [1.82, 2.24) is 9.62 Å². The summed E-state index contributed by atoms with van der Waals surface area (Å²) in [5.41, 5.74) is 1.48. The number of ether oxygens (including phenoxy) is 2. The molecule has 1 N–H and O–H groups in total. The van der Waals surface area contributed by atoms with Gasteiger partial charge < -0.3 is 14.8 Å². The number of hydrogen-bond acceptors (Lipinski definition) is 5. The van der Waals surface area contributed by atoms with E-state index in [2.05, 4.69) is 5.32 Å². The Morgan fingerprint density at radius 3 is 2.29 bits per heavy atom. The summed E-state index contributed by atoms with van der Waals surface area (Å²) in [6, 6.07) is 18.4. The van der Waals surface area contributed by atoms with Gasteiger partial charge in [-0.1, -0.05) is 59.6 Å². The van der Waals surface area contributed by atoms with Crippen LogP contribution in [0.4, 0.5) is 0 Å². The summed E-state index contributed by atoms with van der Waals surface area (Å²) in [5, 5.41) is 3.00. The number of methoxy groups -OCH3 is 2. The van der Waals surface area contributed by atoms with E-state index in [0.29, 0.717) is 11.5 Å². The number of carbonyl (C=O) groups is 1. The number of halogens is 2. The Balaban J connectivity index is 1.81. The monoisotopic (exact) mass is 522 g/mol. The molecule has 0 aliphatic carbocycles. The molecule has 0 aliphatic rings. The van der Waals surface area contributed by atoms with Gasteiger partial charge in [0.1, 0.15) is 4.90 Å². The third-order valence-corrected chi connectivity index (χ3v) is 7.48. The van der Waals surface area contributed by atoms with Gasteiger partial charge in [-0.3, -0.25) is 4.79 Å². The number of benzene rings is 3. The molecule has 3 aromatic carbocycles. The van der Waals surface area contributed by atoms with E-state index in [1.54, 1.807) is 42.5 Å². The van der Waals surface area contributed by atoms with Crippen LogP contribution in [0.3, 0.4) is 0 Å². The molecule has 0 radical (unpaired) electrons. The van der Waals surface area contributed by atoms with E-state index < -0.39 is 22.5 Å². The molecule has 0 atom stereocenters. The Hall–Kier alpha value is -2.78. The second kappa shape index (κ2) is 11.6. The lowest BCUT2D eigenvalue weighted by molar-refractivity contribution is -0.121. The highest BCUT2D eigenvalue weighted by molar-refractivity contribution is 7.89. The number of nitrogens with zero attached hydrogens (tertiary/aromatic N) is 1. The van der Waals surface area contributed by atoms with Crippen molar-refractivity contribution in [3.8, 4) is 11.5 Å². The first kappa shape index (κ1) is 25.8. The average molecular weight is 523 g/mol. The van der Waals surface area contributed by atoms with E-state index in [0.717, 1.165) is 15.4 Å². The van der Waals surface area contributed by atoms with Gasteiger partial charge in [0.05, 0.1) is 25.8 Å². The van der Waals surface area contributed by atoms with Gasteiger partial charge in [0.15, 0.2) is 11.5 Å². The minimum atomic E-state index is -4.13. The maximum absolute atomic E-state index is 13.4. The normalized spacial score (nSPS) is 11.3. The van der Waals surface area contributed by atoms with Crippen molar-refractivity contribution in [1.29, 1.82) is 0 Å². The van der Waals surface area contributed by atoms with Crippen LogP contribution in [0.2, 0.25) is 10.0 Å². The molecule has 10 heteroatoms. The van der Waals surface area contributed by atoms with Gasteiger partial charge in [-0.05, 0) is 41.5 Å². The molecule has 0 bridgehead atoms. The van der Waals surface area contributed by atoms with Gasteiger partial charge in [-0.2, -0.15) is 4.31 Å². The Bertz CT molecular complexity index is 1250. The molecule has 1 amide bonds.